The maximum Gasteiger partial charge on any atom is 0.472 e. The molecule has 3 atom stereocenters. The van der Waals surface area contributed by atoms with Crippen molar-refractivity contribution in [1.29, 1.82) is 0 Å². The Labute approximate surface area is 458 Å². The molecule has 0 aromatic heterocycles. The SMILES string of the molecule is CC/C=C\C/C=C\C/C=C\C/C=C\C/C=C\C/C=C\C/C=C\CCCCCCCC(=O)NC(COP(=O)(O)OCC[N+](C)(C)C)C(O)/C=C/CCCCCCCCCCCCCCCCCCCCCCCCC. The van der Waals surface area contributed by atoms with Crippen LogP contribution in [0.3, 0.4) is 0 Å². The van der Waals surface area contributed by atoms with Gasteiger partial charge in [-0.15, -0.1) is 0 Å². The molecule has 0 aliphatic rings. The molecule has 74 heavy (non-hydrogen) atoms. The van der Waals surface area contributed by atoms with E-state index >= 15 is 0 Å². The highest BCUT2D eigenvalue weighted by molar-refractivity contribution is 7.47. The number of aliphatic hydroxyl groups excluding tert-OH is 1. The molecule has 8 nitrogen and oxygen atoms in total. The summed E-state index contributed by atoms with van der Waals surface area (Å²) in [4.78, 5) is 23.3. The number of unbranched alkanes of at least 4 members (excludes halogenated alkanes) is 28. The van der Waals surface area contributed by atoms with Crippen LogP contribution in [0.5, 0.6) is 0 Å². The van der Waals surface area contributed by atoms with Crippen molar-refractivity contribution in [2.24, 2.45) is 0 Å². The van der Waals surface area contributed by atoms with Gasteiger partial charge in [0.15, 0.2) is 0 Å². The minimum atomic E-state index is -4.36. The summed E-state index contributed by atoms with van der Waals surface area (Å²) in [7, 11) is 1.55. The molecule has 0 rings (SSSR count). The molecule has 0 aromatic rings. The lowest BCUT2D eigenvalue weighted by Gasteiger charge is -2.25. The summed E-state index contributed by atoms with van der Waals surface area (Å²) in [6.07, 6.45) is 79.4. The molecule has 1 amide bonds. The molecule has 0 saturated heterocycles. The van der Waals surface area contributed by atoms with Gasteiger partial charge in [-0.25, -0.2) is 4.57 Å². The van der Waals surface area contributed by atoms with Crippen LogP contribution in [-0.2, 0) is 18.4 Å². The van der Waals surface area contributed by atoms with Gasteiger partial charge in [0, 0.05) is 6.42 Å². The van der Waals surface area contributed by atoms with Crippen molar-refractivity contribution >= 4 is 13.7 Å². The van der Waals surface area contributed by atoms with E-state index in [1.54, 1.807) is 6.08 Å². The largest absolute Gasteiger partial charge is 0.472 e. The van der Waals surface area contributed by atoms with E-state index in [9.17, 15) is 19.4 Å². The van der Waals surface area contributed by atoms with Crippen LogP contribution in [0.1, 0.15) is 258 Å². The van der Waals surface area contributed by atoms with Gasteiger partial charge in [-0.1, -0.05) is 272 Å². The highest BCUT2D eigenvalue weighted by Crippen LogP contribution is 2.43. The molecular weight excluding hydrogens is 936 g/mol. The Balaban J connectivity index is 4.26. The average molecular weight is 1050 g/mol. The highest BCUT2D eigenvalue weighted by atomic mass is 31.2. The van der Waals surface area contributed by atoms with Crippen LogP contribution in [0.2, 0.25) is 0 Å². The maximum atomic E-state index is 13.0. The summed E-state index contributed by atoms with van der Waals surface area (Å²) in [5.74, 6) is -0.197. The number of quaternary nitrogens is 1. The Hall–Kier alpha value is -2.58. The Morgan fingerprint density at radius 1 is 0.473 bits per heavy atom. The fraction of sp³-hybridized carbons (Fsp3) is 0.738. The molecule has 9 heteroatoms. The second-order valence-corrected chi connectivity index (χ2v) is 23.2. The summed E-state index contributed by atoms with van der Waals surface area (Å²) in [5, 5.41) is 14.0. The number of nitrogens with zero attached hydrogens (tertiary/aromatic N) is 1. The van der Waals surface area contributed by atoms with E-state index in [0.717, 1.165) is 103 Å². The number of phosphoric acid groups is 1. The summed E-state index contributed by atoms with van der Waals surface area (Å²) in [5.41, 5.74) is 0. The number of hydrogen-bond donors (Lipinski definition) is 3. The van der Waals surface area contributed by atoms with Crippen molar-refractivity contribution in [3.05, 3.63) is 97.2 Å². The quantitative estimate of drug-likeness (QED) is 0.0243. The van der Waals surface area contributed by atoms with Crippen LogP contribution in [0.15, 0.2) is 97.2 Å². The molecular formula is C65H118N2O6P+. The van der Waals surface area contributed by atoms with Gasteiger partial charge in [-0.3, -0.25) is 13.8 Å². The number of nitrogens with one attached hydrogen (secondary N) is 1. The monoisotopic (exact) mass is 1050 g/mol. The van der Waals surface area contributed by atoms with E-state index in [1.165, 1.54) is 135 Å². The lowest BCUT2D eigenvalue weighted by Crippen LogP contribution is -2.45. The van der Waals surface area contributed by atoms with Gasteiger partial charge in [0.25, 0.3) is 0 Å². The Morgan fingerprint density at radius 3 is 1.19 bits per heavy atom. The summed E-state index contributed by atoms with van der Waals surface area (Å²) in [6, 6.07) is -0.865. The predicted octanol–water partition coefficient (Wildman–Crippen LogP) is 19.0. The number of allylic oxidation sites excluding steroid dienone is 15. The first kappa shape index (κ1) is 71.4. The van der Waals surface area contributed by atoms with Crippen molar-refractivity contribution in [1.82, 2.24) is 5.32 Å². The summed E-state index contributed by atoms with van der Waals surface area (Å²) in [6.45, 7) is 4.70. The third kappa shape index (κ3) is 57.1. The average Bonchev–Trinajstić information content (AvgIpc) is 3.36. The van der Waals surface area contributed by atoms with Crippen LogP contribution in [0, 0.1) is 0 Å². The number of amides is 1. The molecule has 0 aromatic carbocycles. The van der Waals surface area contributed by atoms with Gasteiger partial charge in [0.1, 0.15) is 13.2 Å². The Bertz CT molecular complexity index is 1520. The fourth-order valence-electron chi connectivity index (χ4n) is 8.55. The van der Waals surface area contributed by atoms with Crippen LogP contribution in [0.4, 0.5) is 0 Å². The first-order chi connectivity index (χ1) is 36.0. The molecule has 3 unspecified atom stereocenters. The molecule has 428 valence electrons. The van der Waals surface area contributed by atoms with E-state index < -0.39 is 20.0 Å². The minimum absolute atomic E-state index is 0.0525. The number of rotatable bonds is 55. The standard InChI is InChI=1S/C65H117N2O6P/c1-6-8-10-12-14-16-18-20-22-24-26-28-30-32-33-35-37-39-41-43-45-47-49-51-53-55-57-59-65(69)66-63(62-73-74(70,71)72-61-60-67(3,4)5)64(68)58-56-54-52-50-48-46-44-42-40-38-36-34-31-29-27-25-23-21-19-17-15-13-11-9-7-2/h8,10,14,16,20,22,26,28,32-33,37,39,43,45,56,58,63-64,68H,6-7,9,11-13,15,17-19,21,23-25,27,29-31,34-36,38,40-42,44,46-55,57,59-62H2,1-5H3,(H-,66,69,70,71)/p+1/b10-8-,16-14-,22-20-,28-26-,33-32-,39-37-,45-43-,58-56+. The smallest absolute Gasteiger partial charge is 0.387 e. The van der Waals surface area contributed by atoms with Crippen LogP contribution in [0.25, 0.3) is 0 Å². The number of aliphatic hydroxyl groups is 1. The first-order valence-electron chi connectivity index (χ1n) is 30.6. The molecule has 0 aliphatic heterocycles. The topological polar surface area (TPSA) is 105 Å². The Morgan fingerprint density at radius 2 is 0.811 bits per heavy atom. The fourth-order valence-corrected chi connectivity index (χ4v) is 9.29. The third-order valence-corrected chi connectivity index (χ3v) is 14.3. The van der Waals surface area contributed by atoms with E-state index in [2.05, 4.69) is 104 Å². The number of carbonyl (C=O) groups is 1. The highest BCUT2D eigenvalue weighted by Gasteiger charge is 2.27. The van der Waals surface area contributed by atoms with Crippen molar-refractivity contribution in [3.8, 4) is 0 Å². The summed E-state index contributed by atoms with van der Waals surface area (Å²) < 4.78 is 23.7. The number of carbonyl (C=O) groups excluding carboxylic acids is 1. The van der Waals surface area contributed by atoms with Crippen molar-refractivity contribution in [2.45, 2.75) is 270 Å². The first-order valence-corrected chi connectivity index (χ1v) is 32.1. The van der Waals surface area contributed by atoms with Gasteiger partial charge >= 0.3 is 7.82 Å². The minimum Gasteiger partial charge on any atom is -0.387 e. The number of likely N-dealkylation sites (N-methyl/N-ethyl adjacent to an activating group) is 1. The summed E-state index contributed by atoms with van der Waals surface area (Å²) >= 11 is 0. The second-order valence-electron chi connectivity index (χ2n) is 21.7. The van der Waals surface area contributed by atoms with Crippen molar-refractivity contribution in [3.63, 3.8) is 0 Å². The van der Waals surface area contributed by atoms with Gasteiger partial charge in [0.05, 0.1) is 39.9 Å². The van der Waals surface area contributed by atoms with E-state index in [1.807, 2.05) is 27.2 Å². The van der Waals surface area contributed by atoms with Gasteiger partial charge in [-0.2, -0.15) is 0 Å². The van der Waals surface area contributed by atoms with Crippen LogP contribution < -0.4 is 5.32 Å². The molecule has 0 fully saturated rings. The third-order valence-electron chi connectivity index (χ3n) is 13.3. The maximum absolute atomic E-state index is 13.0. The molecule has 3 N–H and O–H groups in total. The number of hydrogen-bond acceptors (Lipinski definition) is 5. The van der Waals surface area contributed by atoms with Gasteiger partial charge < -0.3 is 19.8 Å². The van der Waals surface area contributed by atoms with E-state index in [0.29, 0.717) is 17.4 Å². The number of phosphoric ester groups is 1. The van der Waals surface area contributed by atoms with Gasteiger partial charge in [-0.05, 0) is 77.0 Å². The normalized spacial score (nSPS) is 14.5. The van der Waals surface area contributed by atoms with Crippen molar-refractivity contribution < 1.29 is 32.9 Å². The molecule has 0 radical (unpaired) electrons. The molecule has 0 saturated carbocycles. The lowest BCUT2D eigenvalue weighted by molar-refractivity contribution is -0.870. The van der Waals surface area contributed by atoms with Crippen LogP contribution in [-0.4, -0.2) is 73.4 Å². The van der Waals surface area contributed by atoms with E-state index in [4.69, 9.17) is 9.05 Å². The van der Waals surface area contributed by atoms with Gasteiger partial charge in [0.2, 0.25) is 5.91 Å². The van der Waals surface area contributed by atoms with Crippen LogP contribution >= 0.6 is 7.82 Å². The molecule has 0 bridgehead atoms. The molecule has 0 spiro atoms. The zero-order valence-electron chi connectivity index (χ0n) is 48.8. The van der Waals surface area contributed by atoms with Crippen molar-refractivity contribution in [2.75, 3.05) is 40.9 Å². The molecule has 0 heterocycles. The lowest BCUT2D eigenvalue weighted by atomic mass is 10.0. The zero-order chi connectivity index (χ0) is 54.2. The predicted molar refractivity (Wildman–Crippen MR) is 322 cm³/mol. The second kappa shape index (κ2) is 55.2. The zero-order valence-corrected chi connectivity index (χ0v) is 49.7. The van der Waals surface area contributed by atoms with E-state index in [-0.39, 0.29) is 19.1 Å². The molecule has 0 aliphatic carbocycles. The Kier molecular flexibility index (Phi) is 53.3.